The van der Waals surface area contributed by atoms with Crippen molar-refractivity contribution in [1.29, 1.82) is 0 Å². The SMILES string of the molecule is OCCc1ccccc1Oc1cc(Cl)nc(C2CC2)n1. The lowest BCUT2D eigenvalue weighted by Gasteiger charge is -2.10. The Balaban J connectivity index is 1.87. The third kappa shape index (κ3) is 3.08. The molecule has 104 valence electrons. The van der Waals surface area contributed by atoms with Crippen molar-refractivity contribution in [3.05, 3.63) is 46.9 Å². The molecule has 0 amide bonds. The maximum absolute atomic E-state index is 9.08. The van der Waals surface area contributed by atoms with E-state index in [0.29, 0.717) is 29.1 Å². The van der Waals surface area contributed by atoms with Crippen LogP contribution in [-0.4, -0.2) is 21.7 Å². The quantitative estimate of drug-likeness (QED) is 0.858. The number of ether oxygens (including phenoxy) is 1. The van der Waals surface area contributed by atoms with Crippen LogP contribution in [0.4, 0.5) is 0 Å². The van der Waals surface area contributed by atoms with E-state index in [1.54, 1.807) is 6.07 Å². The highest BCUT2D eigenvalue weighted by molar-refractivity contribution is 6.29. The van der Waals surface area contributed by atoms with Gasteiger partial charge in [-0.2, -0.15) is 4.98 Å². The molecule has 2 aromatic rings. The van der Waals surface area contributed by atoms with Gasteiger partial charge in [0.15, 0.2) is 0 Å². The molecule has 0 atom stereocenters. The fourth-order valence-corrected chi connectivity index (χ4v) is 2.21. The lowest BCUT2D eigenvalue weighted by molar-refractivity contribution is 0.297. The number of nitrogens with zero attached hydrogens (tertiary/aromatic N) is 2. The Morgan fingerprint density at radius 3 is 2.80 bits per heavy atom. The molecule has 20 heavy (non-hydrogen) atoms. The van der Waals surface area contributed by atoms with Gasteiger partial charge < -0.3 is 9.84 Å². The highest BCUT2D eigenvalue weighted by Crippen LogP contribution is 2.39. The van der Waals surface area contributed by atoms with E-state index in [9.17, 15) is 0 Å². The summed E-state index contributed by atoms with van der Waals surface area (Å²) in [6, 6.07) is 9.21. The minimum Gasteiger partial charge on any atom is -0.439 e. The van der Waals surface area contributed by atoms with E-state index in [1.807, 2.05) is 24.3 Å². The molecule has 1 aromatic heterocycles. The van der Waals surface area contributed by atoms with Gasteiger partial charge in [0, 0.05) is 18.6 Å². The summed E-state index contributed by atoms with van der Waals surface area (Å²) in [6.45, 7) is 0.0816. The average molecular weight is 291 g/mol. The summed E-state index contributed by atoms with van der Waals surface area (Å²) in [5, 5.41) is 9.48. The Bertz CT molecular complexity index is 615. The van der Waals surface area contributed by atoms with Crippen molar-refractivity contribution in [2.45, 2.75) is 25.2 Å². The molecule has 0 spiro atoms. The molecule has 5 heteroatoms. The topological polar surface area (TPSA) is 55.2 Å². The maximum atomic E-state index is 9.08. The Morgan fingerprint density at radius 2 is 2.05 bits per heavy atom. The molecular formula is C15H15ClN2O2. The molecule has 1 aliphatic carbocycles. The summed E-state index contributed by atoms with van der Waals surface area (Å²) in [4.78, 5) is 8.64. The second-order valence-corrected chi connectivity index (χ2v) is 5.23. The van der Waals surface area contributed by atoms with Crippen LogP contribution in [-0.2, 0) is 6.42 Å². The second-order valence-electron chi connectivity index (χ2n) is 4.84. The van der Waals surface area contributed by atoms with E-state index < -0.39 is 0 Å². The molecule has 1 aromatic carbocycles. The van der Waals surface area contributed by atoms with Crippen LogP contribution in [0.3, 0.4) is 0 Å². The van der Waals surface area contributed by atoms with Crippen LogP contribution in [0.25, 0.3) is 0 Å². The fraction of sp³-hybridized carbons (Fsp3) is 0.333. The summed E-state index contributed by atoms with van der Waals surface area (Å²) in [7, 11) is 0. The summed E-state index contributed by atoms with van der Waals surface area (Å²) in [6.07, 6.45) is 2.77. The van der Waals surface area contributed by atoms with E-state index in [4.69, 9.17) is 21.4 Å². The monoisotopic (exact) mass is 290 g/mol. The molecule has 1 saturated carbocycles. The van der Waals surface area contributed by atoms with Crippen molar-refractivity contribution < 1.29 is 9.84 Å². The third-order valence-electron chi connectivity index (χ3n) is 3.20. The summed E-state index contributed by atoms with van der Waals surface area (Å²) in [5.74, 6) is 2.33. The van der Waals surface area contributed by atoms with E-state index in [0.717, 1.165) is 24.2 Å². The lowest BCUT2D eigenvalue weighted by atomic mass is 10.1. The highest BCUT2D eigenvalue weighted by atomic mass is 35.5. The Kier molecular flexibility index (Phi) is 3.85. The van der Waals surface area contributed by atoms with Gasteiger partial charge in [-0.15, -0.1) is 0 Å². The van der Waals surface area contributed by atoms with Gasteiger partial charge in [0.1, 0.15) is 16.7 Å². The molecule has 0 radical (unpaired) electrons. The Hall–Kier alpha value is -1.65. The van der Waals surface area contributed by atoms with E-state index in [1.165, 1.54) is 0 Å². The first-order valence-corrected chi connectivity index (χ1v) is 7.05. The van der Waals surface area contributed by atoms with Gasteiger partial charge in [-0.25, -0.2) is 4.98 Å². The fourth-order valence-electron chi connectivity index (χ4n) is 2.03. The molecule has 4 nitrogen and oxygen atoms in total. The van der Waals surface area contributed by atoms with Gasteiger partial charge in [0.25, 0.3) is 0 Å². The first-order valence-electron chi connectivity index (χ1n) is 6.67. The highest BCUT2D eigenvalue weighted by Gasteiger charge is 2.27. The van der Waals surface area contributed by atoms with Crippen LogP contribution in [0.15, 0.2) is 30.3 Å². The molecule has 1 N–H and O–H groups in total. The number of hydrogen-bond donors (Lipinski definition) is 1. The zero-order valence-corrected chi connectivity index (χ0v) is 11.7. The van der Waals surface area contributed by atoms with Crippen LogP contribution in [0.5, 0.6) is 11.6 Å². The zero-order valence-electron chi connectivity index (χ0n) is 10.9. The molecule has 1 heterocycles. The van der Waals surface area contributed by atoms with E-state index in [2.05, 4.69) is 9.97 Å². The molecule has 0 bridgehead atoms. The number of para-hydroxylation sites is 1. The first-order chi connectivity index (χ1) is 9.76. The number of hydrogen-bond acceptors (Lipinski definition) is 4. The van der Waals surface area contributed by atoms with Gasteiger partial charge in [-0.05, 0) is 30.9 Å². The minimum absolute atomic E-state index is 0.0816. The lowest BCUT2D eigenvalue weighted by Crippen LogP contribution is -1.99. The number of aliphatic hydroxyl groups is 1. The number of aliphatic hydroxyl groups excluding tert-OH is 1. The van der Waals surface area contributed by atoms with Gasteiger partial charge in [0.2, 0.25) is 5.88 Å². The largest absolute Gasteiger partial charge is 0.439 e. The summed E-state index contributed by atoms with van der Waals surface area (Å²) in [5.41, 5.74) is 0.942. The first kappa shape index (κ1) is 13.3. The van der Waals surface area contributed by atoms with Crippen LogP contribution in [0, 0.1) is 0 Å². The van der Waals surface area contributed by atoms with Crippen molar-refractivity contribution in [3.8, 4) is 11.6 Å². The normalized spacial score (nSPS) is 14.3. The van der Waals surface area contributed by atoms with Crippen LogP contribution in [0.1, 0.15) is 30.1 Å². The molecular weight excluding hydrogens is 276 g/mol. The molecule has 1 aliphatic rings. The maximum Gasteiger partial charge on any atom is 0.224 e. The second kappa shape index (κ2) is 5.77. The van der Waals surface area contributed by atoms with Crippen LogP contribution < -0.4 is 4.74 Å². The van der Waals surface area contributed by atoms with Gasteiger partial charge in [0.05, 0.1) is 0 Å². The third-order valence-corrected chi connectivity index (χ3v) is 3.39. The number of aromatic nitrogens is 2. The molecule has 3 rings (SSSR count). The summed E-state index contributed by atoms with van der Waals surface area (Å²) >= 11 is 6.02. The summed E-state index contributed by atoms with van der Waals surface area (Å²) < 4.78 is 5.81. The predicted molar refractivity (Wildman–Crippen MR) is 76.3 cm³/mol. The van der Waals surface area contributed by atoms with Crippen molar-refractivity contribution in [3.63, 3.8) is 0 Å². The number of benzene rings is 1. The number of halogens is 1. The molecule has 0 unspecified atom stereocenters. The number of rotatable bonds is 5. The van der Waals surface area contributed by atoms with E-state index in [-0.39, 0.29) is 6.61 Å². The average Bonchev–Trinajstić information content (AvgIpc) is 3.25. The van der Waals surface area contributed by atoms with Crippen molar-refractivity contribution in [2.75, 3.05) is 6.61 Å². The van der Waals surface area contributed by atoms with Crippen LogP contribution >= 0.6 is 11.6 Å². The molecule has 0 saturated heterocycles. The Labute approximate surface area is 122 Å². The van der Waals surface area contributed by atoms with Crippen molar-refractivity contribution in [1.82, 2.24) is 9.97 Å². The Morgan fingerprint density at radius 1 is 1.25 bits per heavy atom. The van der Waals surface area contributed by atoms with Gasteiger partial charge in [-0.3, -0.25) is 0 Å². The van der Waals surface area contributed by atoms with Gasteiger partial charge in [-0.1, -0.05) is 29.8 Å². The smallest absolute Gasteiger partial charge is 0.224 e. The molecule has 1 fully saturated rings. The van der Waals surface area contributed by atoms with E-state index >= 15 is 0 Å². The standard InChI is InChI=1S/C15H15ClN2O2/c16-13-9-14(18-15(17-13)11-5-6-11)20-12-4-2-1-3-10(12)7-8-19/h1-4,9,11,19H,5-8H2. The van der Waals surface area contributed by atoms with Gasteiger partial charge >= 0.3 is 0 Å². The van der Waals surface area contributed by atoms with Crippen molar-refractivity contribution in [2.24, 2.45) is 0 Å². The zero-order chi connectivity index (χ0) is 13.9. The minimum atomic E-state index is 0.0816. The molecule has 0 aliphatic heterocycles. The van der Waals surface area contributed by atoms with Crippen LogP contribution in [0.2, 0.25) is 5.15 Å². The predicted octanol–water partition coefficient (Wildman–Crippen LogP) is 3.33. The van der Waals surface area contributed by atoms with Crippen molar-refractivity contribution >= 4 is 11.6 Å².